The first-order chi connectivity index (χ1) is 6.54. The van der Waals surface area contributed by atoms with E-state index in [1.165, 1.54) is 0 Å². The Morgan fingerprint density at radius 2 is 2.00 bits per heavy atom. The summed E-state index contributed by atoms with van der Waals surface area (Å²) in [7, 11) is 1.55. The molecule has 0 aliphatic rings. The summed E-state index contributed by atoms with van der Waals surface area (Å²) in [5, 5.41) is 9.64. The number of rotatable bonds is 3. The lowest BCUT2D eigenvalue weighted by Gasteiger charge is -2.14. The molecule has 0 unspecified atom stereocenters. The van der Waals surface area contributed by atoms with Crippen LogP contribution in [0.2, 0.25) is 0 Å². The van der Waals surface area contributed by atoms with Crippen molar-refractivity contribution < 1.29 is 14.6 Å². The SMILES string of the molecule is COc1cc(I)cc(O)c1OC(C)C. The molecule has 1 rings (SSSR count). The van der Waals surface area contributed by atoms with E-state index < -0.39 is 0 Å². The molecule has 3 nitrogen and oxygen atoms in total. The number of hydrogen-bond donors (Lipinski definition) is 1. The Morgan fingerprint density at radius 1 is 1.36 bits per heavy atom. The van der Waals surface area contributed by atoms with E-state index >= 15 is 0 Å². The highest BCUT2D eigenvalue weighted by Gasteiger charge is 2.12. The molecule has 0 fully saturated rings. The lowest BCUT2D eigenvalue weighted by atomic mass is 10.3. The van der Waals surface area contributed by atoms with Crippen LogP contribution in [0.1, 0.15) is 13.8 Å². The topological polar surface area (TPSA) is 38.7 Å². The second-order valence-electron chi connectivity index (χ2n) is 3.12. The molecule has 0 aromatic heterocycles. The first-order valence-electron chi connectivity index (χ1n) is 4.27. The van der Waals surface area contributed by atoms with E-state index in [9.17, 15) is 5.11 Å². The zero-order valence-electron chi connectivity index (χ0n) is 8.37. The quantitative estimate of drug-likeness (QED) is 0.873. The third-order valence-corrected chi connectivity index (χ3v) is 2.20. The summed E-state index contributed by atoms with van der Waals surface area (Å²) < 4.78 is 11.5. The summed E-state index contributed by atoms with van der Waals surface area (Å²) in [4.78, 5) is 0. The molecule has 4 heteroatoms. The van der Waals surface area contributed by atoms with Crippen molar-refractivity contribution in [3.8, 4) is 17.2 Å². The van der Waals surface area contributed by atoms with Crippen LogP contribution in [0.25, 0.3) is 0 Å². The summed E-state index contributed by atoms with van der Waals surface area (Å²) >= 11 is 2.11. The number of ether oxygens (including phenoxy) is 2. The summed E-state index contributed by atoms with van der Waals surface area (Å²) in [6, 6.07) is 3.46. The van der Waals surface area contributed by atoms with Crippen LogP contribution in [-0.4, -0.2) is 18.3 Å². The molecule has 0 saturated carbocycles. The fraction of sp³-hybridized carbons (Fsp3) is 0.400. The first kappa shape index (κ1) is 11.4. The number of halogens is 1. The maximum atomic E-state index is 9.64. The van der Waals surface area contributed by atoms with Gasteiger partial charge in [0.05, 0.1) is 13.2 Å². The van der Waals surface area contributed by atoms with Gasteiger partial charge in [-0.3, -0.25) is 0 Å². The summed E-state index contributed by atoms with van der Waals surface area (Å²) in [6.07, 6.45) is 0.00913. The number of benzene rings is 1. The van der Waals surface area contributed by atoms with Crippen LogP contribution in [0, 0.1) is 3.57 Å². The second-order valence-corrected chi connectivity index (χ2v) is 4.37. The lowest BCUT2D eigenvalue weighted by Crippen LogP contribution is -2.07. The van der Waals surface area contributed by atoms with E-state index in [1.807, 2.05) is 19.9 Å². The molecular formula is C10H13IO3. The standard InChI is InChI=1S/C10H13IO3/c1-6(2)14-10-8(12)4-7(11)5-9(10)13-3/h4-6,12H,1-3H3. The Morgan fingerprint density at radius 3 is 2.50 bits per heavy atom. The Hall–Kier alpha value is -0.650. The number of aromatic hydroxyl groups is 1. The van der Waals surface area contributed by atoms with Gasteiger partial charge in [-0.05, 0) is 48.6 Å². The Balaban J connectivity index is 3.11. The van der Waals surface area contributed by atoms with Crippen molar-refractivity contribution in [2.75, 3.05) is 7.11 Å². The molecule has 0 atom stereocenters. The molecule has 0 amide bonds. The van der Waals surface area contributed by atoms with Gasteiger partial charge < -0.3 is 14.6 Å². The van der Waals surface area contributed by atoms with Gasteiger partial charge in [0, 0.05) is 3.57 Å². The molecule has 0 saturated heterocycles. The van der Waals surface area contributed by atoms with Crippen LogP contribution in [0.3, 0.4) is 0 Å². The minimum Gasteiger partial charge on any atom is -0.504 e. The fourth-order valence-electron chi connectivity index (χ4n) is 1.06. The van der Waals surface area contributed by atoms with E-state index in [1.54, 1.807) is 13.2 Å². The highest BCUT2D eigenvalue weighted by molar-refractivity contribution is 14.1. The zero-order chi connectivity index (χ0) is 10.7. The monoisotopic (exact) mass is 308 g/mol. The van der Waals surface area contributed by atoms with Crippen LogP contribution >= 0.6 is 22.6 Å². The second kappa shape index (κ2) is 4.72. The number of phenolic OH excluding ortho intramolecular Hbond substituents is 1. The predicted octanol–water partition coefficient (Wildman–Crippen LogP) is 2.79. The predicted molar refractivity (Wildman–Crippen MR) is 63.1 cm³/mol. The van der Waals surface area contributed by atoms with Gasteiger partial charge in [0.2, 0.25) is 5.75 Å². The van der Waals surface area contributed by atoms with Crippen molar-refractivity contribution in [2.45, 2.75) is 20.0 Å². The van der Waals surface area contributed by atoms with Gasteiger partial charge in [-0.25, -0.2) is 0 Å². The fourth-order valence-corrected chi connectivity index (χ4v) is 1.64. The third-order valence-electron chi connectivity index (χ3n) is 1.57. The van der Waals surface area contributed by atoms with Crippen molar-refractivity contribution in [2.24, 2.45) is 0 Å². The molecule has 0 spiro atoms. The van der Waals surface area contributed by atoms with Crippen molar-refractivity contribution in [3.05, 3.63) is 15.7 Å². The van der Waals surface area contributed by atoms with Crippen molar-refractivity contribution in [1.82, 2.24) is 0 Å². The van der Waals surface area contributed by atoms with Gasteiger partial charge in [0.1, 0.15) is 0 Å². The van der Waals surface area contributed by atoms with Crippen LogP contribution in [0.4, 0.5) is 0 Å². The van der Waals surface area contributed by atoms with E-state index in [4.69, 9.17) is 9.47 Å². The van der Waals surface area contributed by atoms with E-state index in [0.29, 0.717) is 11.5 Å². The largest absolute Gasteiger partial charge is 0.504 e. The number of hydrogen-bond acceptors (Lipinski definition) is 3. The van der Waals surface area contributed by atoms with E-state index in [2.05, 4.69) is 22.6 Å². The minimum absolute atomic E-state index is 0.00913. The lowest BCUT2D eigenvalue weighted by molar-refractivity contribution is 0.219. The Kier molecular flexibility index (Phi) is 3.86. The van der Waals surface area contributed by atoms with Gasteiger partial charge in [-0.15, -0.1) is 0 Å². The van der Waals surface area contributed by atoms with Crippen molar-refractivity contribution in [1.29, 1.82) is 0 Å². The Bertz CT molecular complexity index is 323. The normalized spacial score (nSPS) is 10.4. The van der Waals surface area contributed by atoms with Crippen molar-refractivity contribution >= 4 is 22.6 Å². The minimum atomic E-state index is 0.00913. The van der Waals surface area contributed by atoms with Gasteiger partial charge in [0.15, 0.2) is 11.5 Å². The molecular weight excluding hydrogens is 295 g/mol. The van der Waals surface area contributed by atoms with Crippen LogP contribution in [0.5, 0.6) is 17.2 Å². The average molecular weight is 308 g/mol. The molecule has 0 radical (unpaired) electrons. The van der Waals surface area contributed by atoms with Gasteiger partial charge in [0.25, 0.3) is 0 Å². The number of methoxy groups -OCH3 is 1. The summed E-state index contributed by atoms with van der Waals surface area (Å²) in [5.41, 5.74) is 0. The Labute approximate surface area is 97.2 Å². The maximum absolute atomic E-state index is 9.64. The van der Waals surface area contributed by atoms with Gasteiger partial charge >= 0.3 is 0 Å². The zero-order valence-corrected chi connectivity index (χ0v) is 10.5. The van der Waals surface area contributed by atoms with Gasteiger partial charge in [-0.1, -0.05) is 0 Å². The molecule has 1 aromatic rings. The van der Waals surface area contributed by atoms with Crippen LogP contribution in [0.15, 0.2) is 12.1 Å². The summed E-state index contributed by atoms with van der Waals surface area (Å²) in [5.74, 6) is 1.08. The van der Waals surface area contributed by atoms with Gasteiger partial charge in [-0.2, -0.15) is 0 Å². The van der Waals surface area contributed by atoms with E-state index in [0.717, 1.165) is 3.57 Å². The molecule has 0 aliphatic heterocycles. The molecule has 1 N–H and O–H groups in total. The first-order valence-corrected chi connectivity index (χ1v) is 5.35. The maximum Gasteiger partial charge on any atom is 0.203 e. The van der Waals surface area contributed by atoms with Crippen LogP contribution in [-0.2, 0) is 0 Å². The number of phenols is 1. The van der Waals surface area contributed by atoms with Crippen molar-refractivity contribution in [3.63, 3.8) is 0 Å². The highest BCUT2D eigenvalue weighted by atomic mass is 127. The molecule has 0 aliphatic carbocycles. The molecule has 78 valence electrons. The molecule has 0 heterocycles. The molecule has 14 heavy (non-hydrogen) atoms. The smallest absolute Gasteiger partial charge is 0.203 e. The van der Waals surface area contributed by atoms with E-state index in [-0.39, 0.29) is 11.9 Å². The van der Waals surface area contributed by atoms with Crippen LogP contribution < -0.4 is 9.47 Å². The third kappa shape index (κ3) is 2.67. The average Bonchev–Trinajstić information content (AvgIpc) is 2.08. The summed E-state index contributed by atoms with van der Waals surface area (Å²) in [6.45, 7) is 3.80. The highest BCUT2D eigenvalue weighted by Crippen LogP contribution is 2.38. The molecule has 1 aromatic carbocycles. The molecule has 0 bridgehead atoms.